The Hall–Kier alpha value is -1.07. The lowest BCUT2D eigenvalue weighted by Crippen LogP contribution is -2.35. The summed E-state index contributed by atoms with van der Waals surface area (Å²) >= 11 is 1.79. The number of pyridine rings is 1. The highest BCUT2D eigenvalue weighted by molar-refractivity contribution is 7.99. The number of aromatic nitrogens is 3. The molecule has 0 amide bonds. The normalized spacial score (nSPS) is 20.8. The lowest BCUT2D eigenvalue weighted by atomic mass is 10.1. The summed E-state index contributed by atoms with van der Waals surface area (Å²) in [5.74, 6) is 1.08. The first-order valence-electron chi connectivity index (χ1n) is 6.09. The summed E-state index contributed by atoms with van der Waals surface area (Å²) < 4.78 is 2.05. The number of thioether (sulfide) groups is 1. The fourth-order valence-corrected chi connectivity index (χ4v) is 3.19. The molecule has 3 rings (SSSR count). The second-order valence-corrected chi connectivity index (χ2v) is 5.36. The van der Waals surface area contributed by atoms with Gasteiger partial charge in [-0.3, -0.25) is 4.40 Å². The first-order chi connectivity index (χ1) is 8.43. The van der Waals surface area contributed by atoms with Crippen LogP contribution in [-0.2, 0) is 0 Å². The van der Waals surface area contributed by atoms with E-state index < -0.39 is 0 Å². The van der Waals surface area contributed by atoms with Crippen molar-refractivity contribution in [1.29, 1.82) is 0 Å². The fraction of sp³-hybridized carbons (Fsp3) is 0.500. The highest BCUT2D eigenvalue weighted by atomic mass is 32.2. The van der Waals surface area contributed by atoms with Crippen LogP contribution in [0.1, 0.15) is 19.3 Å². The molecular weight excluding hydrogens is 232 g/mol. The minimum Gasteiger partial charge on any atom is -0.313 e. The number of hydrogen-bond acceptors (Lipinski definition) is 4. The second-order valence-electron chi connectivity index (χ2n) is 4.37. The van der Waals surface area contributed by atoms with Gasteiger partial charge in [0.1, 0.15) is 0 Å². The van der Waals surface area contributed by atoms with Crippen molar-refractivity contribution in [3.63, 3.8) is 0 Å². The Morgan fingerprint density at radius 2 is 2.35 bits per heavy atom. The molecule has 1 aliphatic heterocycles. The summed E-state index contributed by atoms with van der Waals surface area (Å²) in [5.41, 5.74) is 0.923. The van der Waals surface area contributed by atoms with Crippen molar-refractivity contribution in [2.75, 3.05) is 12.3 Å². The molecule has 5 heteroatoms. The van der Waals surface area contributed by atoms with E-state index in [0.717, 1.165) is 23.1 Å². The Labute approximate surface area is 105 Å². The van der Waals surface area contributed by atoms with Crippen molar-refractivity contribution < 1.29 is 0 Å². The molecule has 2 aromatic rings. The molecule has 1 fully saturated rings. The largest absolute Gasteiger partial charge is 0.313 e. The van der Waals surface area contributed by atoms with Crippen molar-refractivity contribution in [3.05, 3.63) is 24.4 Å². The molecule has 17 heavy (non-hydrogen) atoms. The van der Waals surface area contributed by atoms with Gasteiger partial charge in [-0.25, -0.2) is 0 Å². The van der Waals surface area contributed by atoms with Gasteiger partial charge in [0.25, 0.3) is 0 Å². The zero-order chi connectivity index (χ0) is 11.5. The molecule has 1 N–H and O–H groups in total. The number of fused-ring (bicyclic) bond motifs is 1. The van der Waals surface area contributed by atoms with Gasteiger partial charge in [-0.05, 0) is 31.5 Å². The molecule has 0 aliphatic carbocycles. The van der Waals surface area contributed by atoms with Gasteiger partial charge in [-0.2, -0.15) is 0 Å². The van der Waals surface area contributed by atoms with Crippen LogP contribution in [0.2, 0.25) is 0 Å². The van der Waals surface area contributed by atoms with Crippen LogP contribution in [0.4, 0.5) is 0 Å². The molecule has 2 aromatic heterocycles. The maximum Gasteiger partial charge on any atom is 0.195 e. The van der Waals surface area contributed by atoms with Crippen LogP contribution in [0.3, 0.4) is 0 Å². The van der Waals surface area contributed by atoms with Gasteiger partial charge in [0.2, 0.25) is 0 Å². The summed E-state index contributed by atoms with van der Waals surface area (Å²) in [6.45, 7) is 1.16. The predicted molar refractivity (Wildman–Crippen MR) is 69.4 cm³/mol. The summed E-state index contributed by atoms with van der Waals surface area (Å²) in [6, 6.07) is 6.61. The van der Waals surface area contributed by atoms with Crippen LogP contribution in [0, 0.1) is 0 Å². The maximum absolute atomic E-state index is 4.23. The first kappa shape index (κ1) is 11.0. The smallest absolute Gasteiger partial charge is 0.195 e. The van der Waals surface area contributed by atoms with Crippen LogP contribution in [0.5, 0.6) is 0 Å². The minimum absolute atomic E-state index is 0.629. The Bertz CT molecular complexity index is 490. The van der Waals surface area contributed by atoms with Gasteiger partial charge >= 0.3 is 0 Å². The van der Waals surface area contributed by atoms with Crippen LogP contribution in [0.25, 0.3) is 5.65 Å². The first-order valence-corrected chi connectivity index (χ1v) is 7.08. The zero-order valence-corrected chi connectivity index (χ0v) is 10.5. The molecule has 3 heterocycles. The summed E-state index contributed by atoms with van der Waals surface area (Å²) in [5, 5.41) is 12.9. The Morgan fingerprint density at radius 3 is 3.24 bits per heavy atom. The van der Waals surface area contributed by atoms with Crippen LogP contribution >= 0.6 is 11.8 Å². The van der Waals surface area contributed by atoms with Crippen LogP contribution in [0.15, 0.2) is 29.6 Å². The predicted octanol–water partition coefficient (Wildman–Crippen LogP) is 1.96. The summed E-state index contributed by atoms with van der Waals surface area (Å²) in [4.78, 5) is 0. The fourth-order valence-electron chi connectivity index (χ4n) is 2.16. The second kappa shape index (κ2) is 5.06. The van der Waals surface area contributed by atoms with E-state index in [1.807, 2.05) is 28.8 Å². The lowest BCUT2D eigenvalue weighted by molar-refractivity contribution is 0.429. The Morgan fingerprint density at radius 1 is 1.35 bits per heavy atom. The van der Waals surface area contributed by atoms with E-state index in [2.05, 4.69) is 15.5 Å². The number of nitrogens with zero attached hydrogens (tertiary/aromatic N) is 3. The van der Waals surface area contributed by atoms with E-state index >= 15 is 0 Å². The quantitative estimate of drug-likeness (QED) is 0.843. The van der Waals surface area contributed by atoms with E-state index in [4.69, 9.17) is 0 Å². The van der Waals surface area contributed by atoms with Gasteiger partial charge in [0.05, 0.1) is 0 Å². The monoisotopic (exact) mass is 248 g/mol. The SMILES string of the molecule is c1ccn2c(SCC3CCCCN3)nnc2c1. The molecule has 0 bridgehead atoms. The molecule has 0 spiro atoms. The Balaban J connectivity index is 1.68. The minimum atomic E-state index is 0.629. The van der Waals surface area contributed by atoms with Crippen molar-refractivity contribution in [2.45, 2.75) is 30.5 Å². The lowest BCUT2D eigenvalue weighted by Gasteiger charge is -2.22. The molecule has 1 atom stereocenters. The Kier molecular flexibility index (Phi) is 3.29. The van der Waals surface area contributed by atoms with Crippen molar-refractivity contribution in [2.24, 2.45) is 0 Å². The molecule has 1 unspecified atom stereocenters. The van der Waals surface area contributed by atoms with E-state index in [1.165, 1.54) is 19.3 Å². The average Bonchev–Trinajstić information content (AvgIpc) is 2.81. The van der Waals surface area contributed by atoms with Gasteiger partial charge in [-0.15, -0.1) is 10.2 Å². The average molecular weight is 248 g/mol. The highest BCUT2D eigenvalue weighted by Crippen LogP contribution is 2.20. The number of piperidine rings is 1. The molecule has 0 aromatic carbocycles. The van der Waals surface area contributed by atoms with Gasteiger partial charge < -0.3 is 5.32 Å². The zero-order valence-electron chi connectivity index (χ0n) is 9.67. The standard InChI is InChI=1S/C12H16N4S/c1-3-7-13-10(5-1)9-17-12-15-14-11-6-2-4-8-16(11)12/h2,4,6,8,10,13H,1,3,5,7,9H2. The number of hydrogen-bond donors (Lipinski definition) is 1. The number of nitrogens with one attached hydrogen (secondary N) is 1. The van der Waals surface area contributed by atoms with E-state index in [0.29, 0.717) is 6.04 Å². The molecule has 0 saturated carbocycles. The van der Waals surface area contributed by atoms with Gasteiger partial charge in [0.15, 0.2) is 10.8 Å². The van der Waals surface area contributed by atoms with E-state index in [1.54, 1.807) is 11.8 Å². The number of rotatable bonds is 3. The molecule has 4 nitrogen and oxygen atoms in total. The molecule has 1 aliphatic rings. The summed E-state index contributed by atoms with van der Waals surface area (Å²) in [7, 11) is 0. The topological polar surface area (TPSA) is 42.2 Å². The van der Waals surface area contributed by atoms with Crippen molar-refractivity contribution >= 4 is 17.4 Å². The van der Waals surface area contributed by atoms with Crippen molar-refractivity contribution in [1.82, 2.24) is 19.9 Å². The van der Waals surface area contributed by atoms with Crippen molar-refractivity contribution in [3.8, 4) is 0 Å². The van der Waals surface area contributed by atoms with Gasteiger partial charge in [-0.1, -0.05) is 24.2 Å². The molecule has 1 saturated heterocycles. The molecule has 0 radical (unpaired) electrons. The van der Waals surface area contributed by atoms with Gasteiger partial charge in [0, 0.05) is 18.0 Å². The van der Waals surface area contributed by atoms with Crippen LogP contribution in [-0.4, -0.2) is 32.9 Å². The highest BCUT2D eigenvalue weighted by Gasteiger charge is 2.14. The van der Waals surface area contributed by atoms with E-state index in [9.17, 15) is 0 Å². The third kappa shape index (κ3) is 2.45. The van der Waals surface area contributed by atoms with E-state index in [-0.39, 0.29) is 0 Å². The molecular formula is C12H16N4S. The molecule has 90 valence electrons. The summed E-state index contributed by atoms with van der Waals surface area (Å²) in [6.07, 6.45) is 5.96. The third-order valence-electron chi connectivity index (χ3n) is 3.11. The van der Waals surface area contributed by atoms with Crippen LogP contribution < -0.4 is 5.32 Å². The maximum atomic E-state index is 4.23. The third-order valence-corrected chi connectivity index (χ3v) is 4.21.